The summed E-state index contributed by atoms with van der Waals surface area (Å²) in [5.41, 5.74) is 1.43. The molecule has 1 aromatic rings. The van der Waals surface area contributed by atoms with Crippen molar-refractivity contribution in [2.24, 2.45) is 10.9 Å². The molecule has 1 aromatic carbocycles. The summed E-state index contributed by atoms with van der Waals surface area (Å²) < 4.78 is 0. The highest BCUT2D eigenvalue weighted by Gasteiger charge is 2.28. The van der Waals surface area contributed by atoms with E-state index in [2.05, 4.69) is 58.7 Å². The maximum atomic E-state index is 11.9. The lowest BCUT2D eigenvalue weighted by Gasteiger charge is -2.39. The minimum atomic E-state index is 0. The van der Waals surface area contributed by atoms with E-state index in [0.29, 0.717) is 11.8 Å². The van der Waals surface area contributed by atoms with E-state index in [0.717, 1.165) is 37.8 Å². The maximum Gasteiger partial charge on any atom is 0.243 e. The van der Waals surface area contributed by atoms with Gasteiger partial charge in [0.05, 0.1) is 0 Å². The molecule has 0 aromatic heterocycles. The number of hydrogen-bond acceptors (Lipinski definition) is 3. The normalized spacial score (nSPS) is 20.0. The van der Waals surface area contributed by atoms with Gasteiger partial charge in [0.1, 0.15) is 6.54 Å². The Balaban J connectivity index is 0.00000364. The number of benzene rings is 1. The molecule has 27 heavy (non-hydrogen) atoms. The fourth-order valence-electron chi connectivity index (χ4n) is 3.35. The molecule has 2 rings (SSSR count). The molecule has 1 aliphatic rings. The molecule has 1 fully saturated rings. The fraction of sp³-hybridized carbons (Fsp3) is 0.600. The zero-order chi connectivity index (χ0) is 18.9. The van der Waals surface area contributed by atoms with Crippen molar-refractivity contribution in [1.29, 1.82) is 0 Å². The number of thioether (sulfide) groups is 1. The van der Waals surface area contributed by atoms with E-state index in [1.807, 2.05) is 0 Å². The van der Waals surface area contributed by atoms with E-state index in [-0.39, 0.29) is 36.4 Å². The summed E-state index contributed by atoms with van der Waals surface area (Å²) >= 11 is 1.81. The molecule has 0 spiro atoms. The van der Waals surface area contributed by atoms with Crippen molar-refractivity contribution in [2.45, 2.75) is 19.3 Å². The zero-order valence-corrected chi connectivity index (χ0v) is 20.0. The Bertz CT molecular complexity index is 597. The average Bonchev–Trinajstić information content (AvgIpc) is 2.64. The number of halogens is 1. The minimum Gasteiger partial charge on any atom is -0.355 e. The van der Waals surface area contributed by atoms with Crippen LogP contribution in [0.2, 0.25) is 0 Å². The first-order chi connectivity index (χ1) is 12.5. The number of aliphatic imine (C=N–C) groups is 1. The van der Waals surface area contributed by atoms with Crippen LogP contribution in [0.25, 0.3) is 0 Å². The quantitative estimate of drug-likeness (QED) is 0.280. The van der Waals surface area contributed by atoms with Gasteiger partial charge in [-0.2, -0.15) is 11.8 Å². The first-order valence-corrected chi connectivity index (χ1v) is 10.7. The molecular formula is C20H33IN4OS. The van der Waals surface area contributed by atoms with Gasteiger partial charge in [-0.3, -0.25) is 4.79 Å². The van der Waals surface area contributed by atoms with Gasteiger partial charge in [-0.15, -0.1) is 24.0 Å². The highest BCUT2D eigenvalue weighted by molar-refractivity contribution is 14.0. The second-order valence-electron chi connectivity index (χ2n) is 7.08. The van der Waals surface area contributed by atoms with E-state index < -0.39 is 0 Å². The van der Waals surface area contributed by atoms with Crippen LogP contribution < -0.4 is 5.32 Å². The van der Waals surface area contributed by atoms with Gasteiger partial charge in [-0.05, 0) is 30.1 Å². The van der Waals surface area contributed by atoms with Crippen LogP contribution in [0.15, 0.2) is 35.3 Å². The van der Waals surface area contributed by atoms with Crippen molar-refractivity contribution in [3.05, 3.63) is 35.9 Å². The maximum absolute atomic E-state index is 11.9. The molecule has 1 saturated heterocycles. The van der Waals surface area contributed by atoms with Crippen LogP contribution >= 0.6 is 35.7 Å². The van der Waals surface area contributed by atoms with Gasteiger partial charge in [0.25, 0.3) is 0 Å². The summed E-state index contributed by atoms with van der Waals surface area (Å²) in [6, 6.07) is 10.8. The molecule has 5 nitrogen and oxygen atoms in total. The van der Waals surface area contributed by atoms with Crippen LogP contribution in [0.3, 0.4) is 0 Å². The molecular weight excluding hydrogens is 471 g/mol. The first-order valence-electron chi connectivity index (χ1n) is 9.30. The van der Waals surface area contributed by atoms with Crippen molar-refractivity contribution in [1.82, 2.24) is 15.1 Å². The molecule has 0 radical (unpaired) electrons. The highest BCUT2D eigenvalue weighted by Crippen LogP contribution is 2.32. The number of nitrogens with one attached hydrogen (secondary N) is 1. The molecule has 1 N–H and O–H groups in total. The van der Waals surface area contributed by atoms with Crippen molar-refractivity contribution in [3.63, 3.8) is 0 Å². The first kappa shape index (κ1) is 24.1. The molecule has 152 valence electrons. The topological polar surface area (TPSA) is 47.9 Å². The lowest BCUT2D eigenvalue weighted by Crippen LogP contribution is -2.48. The number of nitrogens with zero attached hydrogens (tertiary/aromatic N) is 3. The third kappa shape index (κ3) is 7.52. The summed E-state index contributed by atoms with van der Waals surface area (Å²) in [7, 11) is 3.54. The van der Waals surface area contributed by atoms with Crippen LogP contribution in [-0.4, -0.2) is 73.9 Å². The average molecular weight is 504 g/mol. The molecule has 0 saturated carbocycles. The highest BCUT2D eigenvalue weighted by atomic mass is 127. The van der Waals surface area contributed by atoms with Gasteiger partial charge >= 0.3 is 0 Å². The fourth-order valence-corrected chi connectivity index (χ4v) is 3.66. The Labute approximate surface area is 185 Å². The van der Waals surface area contributed by atoms with E-state index in [1.54, 1.807) is 30.8 Å². The van der Waals surface area contributed by atoms with Gasteiger partial charge in [-0.25, -0.2) is 4.99 Å². The number of guanidine groups is 1. The number of carbonyl (C=O) groups is 1. The Hall–Kier alpha value is -0.960. The second kappa shape index (κ2) is 12.5. The number of likely N-dealkylation sites (N-methyl/N-ethyl adjacent to an activating group) is 1. The standard InChI is InChI=1S/C20H32N4OS.HI/c1-16-15-24(12-10-18(16)17-8-6-5-7-9-17)20(21-11-13-26-4)22-14-19(25)23(2)3;/h5-9,16,18H,10-15H2,1-4H3,(H,21,22);1H. The van der Waals surface area contributed by atoms with Gasteiger partial charge < -0.3 is 15.1 Å². The summed E-state index contributed by atoms with van der Waals surface area (Å²) in [6.07, 6.45) is 3.21. The number of likely N-dealkylation sites (tertiary alicyclic amines) is 1. The van der Waals surface area contributed by atoms with Crippen molar-refractivity contribution in [2.75, 3.05) is 52.3 Å². The molecule has 2 atom stereocenters. The Morgan fingerprint density at radius 2 is 2.04 bits per heavy atom. The van der Waals surface area contributed by atoms with Crippen molar-refractivity contribution >= 4 is 47.6 Å². The monoisotopic (exact) mass is 504 g/mol. The second-order valence-corrected chi connectivity index (χ2v) is 8.06. The largest absolute Gasteiger partial charge is 0.355 e. The molecule has 1 heterocycles. The third-order valence-electron chi connectivity index (χ3n) is 4.88. The minimum absolute atomic E-state index is 0. The van der Waals surface area contributed by atoms with Gasteiger partial charge in [0.2, 0.25) is 5.91 Å². The number of amides is 1. The smallest absolute Gasteiger partial charge is 0.243 e. The van der Waals surface area contributed by atoms with Crippen LogP contribution in [-0.2, 0) is 4.79 Å². The molecule has 7 heteroatoms. The zero-order valence-electron chi connectivity index (χ0n) is 16.9. The molecule has 0 aliphatic carbocycles. The van der Waals surface area contributed by atoms with Gasteiger partial charge in [0, 0.05) is 39.5 Å². The van der Waals surface area contributed by atoms with Gasteiger partial charge in [0.15, 0.2) is 5.96 Å². The van der Waals surface area contributed by atoms with E-state index in [4.69, 9.17) is 0 Å². The van der Waals surface area contributed by atoms with Gasteiger partial charge in [-0.1, -0.05) is 37.3 Å². The predicted octanol–water partition coefficient (Wildman–Crippen LogP) is 3.13. The van der Waals surface area contributed by atoms with Crippen molar-refractivity contribution < 1.29 is 4.79 Å². The third-order valence-corrected chi connectivity index (χ3v) is 5.50. The van der Waals surface area contributed by atoms with Crippen LogP contribution in [0.1, 0.15) is 24.8 Å². The SMILES string of the molecule is CSCCNC(=NCC(=O)N(C)C)N1CCC(c2ccccc2)C(C)C1.I. The lowest BCUT2D eigenvalue weighted by atomic mass is 9.82. The molecule has 2 unspecified atom stereocenters. The number of rotatable bonds is 6. The molecule has 1 aliphatic heterocycles. The Morgan fingerprint density at radius 1 is 1.33 bits per heavy atom. The van der Waals surface area contributed by atoms with Crippen LogP contribution in [0.5, 0.6) is 0 Å². The summed E-state index contributed by atoms with van der Waals surface area (Å²) in [5.74, 6) is 3.05. The number of piperidine rings is 1. The van der Waals surface area contributed by atoms with E-state index in [9.17, 15) is 4.79 Å². The summed E-state index contributed by atoms with van der Waals surface area (Å²) in [6.45, 7) is 5.30. The van der Waals surface area contributed by atoms with Crippen molar-refractivity contribution in [3.8, 4) is 0 Å². The summed E-state index contributed by atoms with van der Waals surface area (Å²) in [4.78, 5) is 20.4. The Morgan fingerprint density at radius 3 is 2.63 bits per heavy atom. The van der Waals surface area contributed by atoms with E-state index in [1.165, 1.54) is 5.56 Å². The lowest BCUT2D eigenvalue weighted by molar-refractivity contribution is -0.127. The molecule has 1 amide bonds. The number of hydrogen-bond donors (Lipinski definition) is 1. The van der Waals surface area contributed by atoms with Crippen LogP contribution in [0.4, 0.5) is 0 Å². The van der Waals surface area contributed by atoms with Crippen LogP contribution in [0, 0.1) is 5.92 Å². The number of carbonyl (C=O) groups excluding carboxylic acids is 1. The Kier molecular flexibility index (Phi) is 11.1. The predicted molar refractivity (Wildman–Crippen MR) is 127 cm³/mol. The molecule has 0 bridgehead atoms. The van der Waals surface area contributed by atoms with E-state index >= 15 is 0 Å². The summed E-state index contributed by atoms with van der Waals surface area (Å²) in [5, 5.41) is 3.44.